The van der Waals surface area contributed by atoms with Gasteiger partial charge in [-0.1, -0.05) is 13.8 Å². The van der Waals surface area contributed by atoms with E-state index in [1.54, 1.807) is 0 Å². The second-order valence-electron chi connectivity index (χ2n) is 5.79. The van der Waals surface area contributed by atoms with E-state index in [9.17, 15) is 39.2 Å². The lowest BCUT2D eigenvalue weighted by atomic mass is 9.77. The molecule has 25 heavy (non-hydrogen) atoms. The molecule has 0 aliphatic heterocycles. The highest BCUT2D eigenvalue weighted by atomic mass is 19.1. The second kappa shape index (κ2) is 5.96. The zero-order valence-corrected chi connectivity index (χ0v) is 13.0. The molecule has 0 saturated heterocycles. The molecular weight excluding hydrogens is 342 g/mol. The van der Waals surface area contributed by atoms with Crippen LogP contribution >= 0.6 is 0 Å². The van der Waals surface area contributed by atoms with Crippen LogP contribution in [-0.4, -0.2) is 20.1 Å². The van der Waals surface area contributed by atoms with Crippen molar-refractivity contribution in [3.63, 3.8) is 0 Å². The lowest BCUT2D eigenvalue weighted by Gasteiger charge is -2.26. The van der Waals surface area contributed by atoms with Gasteiger partial charge in [-0.25, -0.2) is 8.78 Å². The third-order valence-corrected chi connectivity index (χ3v) is 3.92. The zero-order valence-electron chi connectivity index (χ0n) is 13.0. The van der Waals surface area contributed by atoms with Crippen molar-refractivity contribution in [2.24, 2.45) is 0 Å². The van der Waals surface area contributed by atoms with Gasteiger partial charge in [0.25, 0.3) is 0 Å². The molecule has 2 N–H and O–H groups in total. The summed E-state index contributed by atoms with van der Waals surface area (Å²) in [4.78, 5) is 19.9. The molecule has 10 heteroatoms. The first-order valence-electron chi connectivity index (χ1n) is 6.81. The molecule has 132 valence electrons. The Morgan fingerprint density at radius 1 is 0.840 bits per heavy atom. The first-order valence-corrected chi connectivity index (χ1v) is 6.81. The lowest BCUT2D eigenvalue weighted by Crippen LogP contribution is -2.20. The molecule has 0 unspecified atom stereocenters. The van der Waals surface area contributed by atoms with Crippen LogP contribution in [0.5, 0.6) is 11.5 Å². The number of nitro benzene ring substituents is 2. The van der Waals surface area contributed by atoms with Gasteiger partial charge in [-0.15, -0.1) is 0 Å². The van der Waals surface area contributed by atoms with E-state index < -0.39 is 49.8 Å². The van der Waals surface area contributed by atoms with Gasteiger partial charge in [0.05, 0.1) is 9.85 Å². The fourth-order valence-electron chi connectivity index (χ4n) is 2.34. The largest absolute Gasteiger partial charge is 0.500 e. The number of hydrogen-bond donors (Lipinski definition) is 2. The number of aromatic hydroxyl groups is 2. The molecular formula is C15H12F2N2O6. The highest BCUT2D eigenvalue weighted by Gasteiger charge is 2.32. The monoisotopic (exact) mass is 354 g/mol. The van der Waals surface area contributed by atoms with E-state index in [-0.39, 0.29) is 11.1 Å². The molecule has 0 heterocycles. The van der Waals surface area contributed by atoms with Gasteiger partial charge in [-0.05, 0) is 23.3 Å². The Bertz CT molecular complexity index is 827. The first kappa shape index (κ1) is 18.0. The molecule has 0 aliphatic rings. The SMILES string of the molecule is CC(C)(c1cc(F)c(O)c([N+](=O)[O-])c1)c1cc(F)c(O)c([N+](=O)[O-])c1. The summed E-state index contributed by atoms with van der Waals surface area (Å²) in [6.07, 6.45) is 0. The molecule has 2 aromatic rings. The average molecular weight is 354 g/mol. The van der Waals surface area contributed by atoms with Gasteiger partial charge in [0, 0.05) is 17.5 Å². The number of phenols is 2. The minimum Gasteiger partial charge on any atom is -0.500 e. The van der Waals surface area contributed by atoms with Crippen molar-refractivity contribution in [3.05, 3.63) is 67.3 Å². The molecule has 2 aromatic carbocycles. The molecule has 0 fully saturated rings. The third-order valence-electron chi connectivity index (χ3n) is 3.92. The van der Waals surface area contributed by atoms with Crippen molar-refractivity contribution in [1.29, 1.82) is 0 Å². The maximum atomic E-state index is 13.8. The Hall–Kier alpha value is -3.30. The normalized spacial score (nSPS) is 11.4. The van der Waals surface area contributed by atoms with Gasteiger partial charge in [0.2, 0.25) is 11.5 Å². The van der Waals surface area contributed by atoms with Crippen LogP contribution in [0.15, 0.2) is 24.3 Å². The van der Waals surface area contributed by atoms with Gasteiger partial charge in [-0.2, -0.15) is 0 Å². The number of phenolic OH excluding ortho intramolecular Hbond substituents is 2. The molecule has 8 nitrogen and oxygen atoms in total. The summed E-state index contributed by atoms with van der Waals surface area (Å²) in [6.45, 7) is 2.86. The van der Waals surface area contributed by atoms with Crippen molar-refractivity contribution >= 4 is 11.4 Å². The Morgan fingerprint density at radius 2 is 1.16 bits per heavy atom. The van der Waals surface area contributed by atoms with Gasteiger partial charge in [-0.3, -0.25) is 20.2 Å². The number of benzene rings is 2. The molecule has 0 radical (unpaired) electrons. The summed E-state index contributed by atoms with van der Waals surface area (Å²) >= 11 is 0. The Morgan fingerprint density at radius 3 is 1.44 bits per heavy atom. The number of hydrogen-bond acceptors (Lipinski definition) is 6. The highest BCUT2D eigenvalue weighted by molar-refractivity contribution is 5.56. The van der Waals surface area contributed by atoms with Crippen molar-refractivity contribution in [3.8, 4) is 11.5 Å². The summed E-state index contributed by atoms with van der Waals surface area (Å²) in [6, 6.07) is 3.43. The number of nitro groups is 2. The van der Waals surface area contributed by atoms with E-state index in [1.807, 2.05) is 0 Å². The summed E-state index contributed by atoms with van der Waals surface area (Å²) in [5, 5.41) is 40.7. The Labute approximate surface area is 139 Å². The quantitative estimate of drug-likeness (QED) is 0.639. The summed E-state index contributed by atoms with van der Waals surface area (Å²) in [5.41, 5.74) is -3.13. The van der Waals surface area contributed by atoms with Crippen molar-refractivity contribution in [1.82, 2.24) is 0 Å². The Kier molecular flexibility index (Phi) is 4.31. The standard InChI is InChI=1S/C15H12F2N2O6/c1-15(2,7-3-9(16)13(20)11(5-7)18(22)23)8-4-10(17)14(21)12(6-8)19(24)25/h3-6,20-21H,1-2H3. The third kappa shape index (κ3) is 3.05. The predicted octanol–water partition coefficient (Wildman–Crippen LogP) is 3.52. The van der Waals surface area contributed by atoms with Gasteiger partial charge in [0.1, 0.15) is 0 Å². The molecule has 0 saturated carbocycles. The van der Waals surface area contributed by atoms with E-state index >= 15 is 0 Å². The predicted molar refractivity (Wildman–Crippen MR) is 81.6 cm³/mol. The molecule has 0 atom stereocenters. The van der Waals surface area contributed by atoms with Crippen LogP contribution in [0, 0.1) is 31.9 Å². The van der Waals surface area contributed by atoms with E-state index in [0.29, 0.717) is 0 Å². The molecule has 0 aromatic heterocycles. The lowest BCUT2D eigenvalue weighted by molar-refractivity contribution is -0.386. The minimum absolute atomic E-state index is 0.0195. The van der Waals surface area contributed by atoms with Crippen molar-refractivity contribution in [2.75, 3.05) is 0 Å². The van der Waals surface area contributed by atoms with Gasteiger partial charge in [0.15, 0.2) is 11.6 Å². The van der Waals surface area contributed by atoms with Crippen LogP contribution in [0.1, 0.15) is 25.0 Å². The zero-order chi connectivity index (χ0) is 19.1. The topological polar surface area (TPSA) is 127 Å². The molecule has 2 rings (SSSR count). The maximum absolute atomic E-state index is 13.8. The fourth-order valence-corrected chi connectivity index (χ4v) is 2.34. The minimum atomic E-state index is -1.31. The van der Waals surface area contributed by atoms with Gasteiger partial charge < -0.3 is 10.2 Å². The first-order chi connectivity index (χ1) is 11.5. The van der Waals surface area contributed by atoms with Crippen LogP contribution in [0.3, 0.4) is 0 Å². The highest BCUT2D eigenvalue weighted by Crippen LogP contribution is 2.41. The van der Waals surface area contributed by atoms with Crippen LogP contribution < -0.4 is 0 Å². The molecule has 0 amide bonds. The number of nitrogens with zero attached hydrogens (tertiary/aromatic N) is 2. The van der Waals surface area contributed by atoms with E-state index in [4.69, 9.17) is 0 Å². The summed E-state index contributed by atoms with van der Waals surface area (Å²) < 4.78 is 27.6. The van der Waals surface area contributed by atoms with Crippen LogP contribution in [0.4, 0.5) is 20.2 Å². The summed E-state index contributed by atoms with van der Waals surface area (Å²) in [5.74, 6) is -4.81. The number of rotatable bonds is 4. The second-order valence-corrected chi connectivity index (χ2v) is 5.79. The fraction of sp³-hybridized carbons (Fsp3) is 0.200. The van der Waals surface area contributed by atoms with E-state index in [1.165, 1.54) is 13.8 Å². The molecule has 0 bridgehead atoms. The maximum Gasteiger partial charge on any atom is 0.314 e. The van der Waals surface area contributed by atoms with Gasteiger partial charge >= 0.3 is 11.4 Å². The smallest absolute Gasteiger partial charge is 0.314 e. The van der Waals surface area contributed by atoms with E-state index in [0.717, 1.165) is 24.3 Å². The summed E-state index contributed by atoms with van der Waals surface area (Å²) in [7, 11) is 0. The average Bonchev–Trinajstić information content (AvgIpc) is 2.51. The Balaban J connectivity index is 2.71. The number of halogens is 2. The van der Waals surface area contributed by atoms with Crippen LogP contribution in [0.2, 0.25) is 0 Å². The molecule has 0 spiro atoms. The van der Waals surface area contributed by atoms with E-state index in [2.05, 4.69) is 0 Å². The molecule has 0 aliphatic carbocycles. The van der Waals surface area contributed by atoms with Crippen LogP contribution in [-0.2, 0) is 5.41 Å². The van der Waals surface area contributed by atoms with Crippen molar-refractivity contribution < 1.29 is 28.8 Å². The van der Waals surface area contributed by atoms with Crippen molar-refractivity contribution in [2.45, 2.75) is 19.3 Å². The van der Waals surface area contributed by atoms with Crippen LogP contribution in [0.25, 0.3) is 0 Å².